The summed E-state index contributed by atoms with van der Waals surface area (Å²) in [5.41, 5.74) is 3.14. The van der Waals surface area contributed by atoms with Gasteiger partial charge < -0.3 is 19.5 Å². The summed E-state index contributed by atoms with van der Waals surface area (Å²) in [5, 5.41) is 9.14. The number of hydrogen-bond donors (Lipinski definition) is 3. The molecule has 9 nitrogen and oxygen atoms in total. The molecular weight excluding hydrogens is 472 g/mol. The van der Waals surface area contributed by atoms with Crippen LogP contribution in [-0.4, -0.2) is 56.9 Å². The van der Waals surface area contributed by atoms with E-state index in [1.165, 1.54) is 0 Å². The zero-order chi connectivity index (χ0) is 24.2. The predicted molar refractivity (Wildman–Crippen MR) is 132 cm³/mol. The van der Waals surface area contributed by atoms with E-state index in [1.54, 1.807) is 6.07 Å². The molecule has 10 heteroatoms. The molecule has 35 heavy (non-hydrogen) atoms. The van der Waals surface area contributed by atoms with Gasteiger partial charge >= 0.3 is 0 Å². The van der Waals surface area contributed by atoms with Gasteiger partial charge in [-0.05, 0) is 54.7 Å². The van der Waals surface area contributed by atoms with E-state index in [4.69, 9.17) is 25.8 Å². The number of halogens is 1. The highest BCUT2D eigenvalue weighted by molar-refractivity contribution is 6.34. The van der Waals surface area contributed by atoms with Crippen molar-refractivity contribution in [3.05, 3.63) is 52.5 Å². The summed E-state index contributed by atoms with van der Waals surface area (Å²) in [4.78, 5) is 28.5. The van der Waals surface area contributed by atoms with Crippen LogP contribution in [0.1, 0.15) is 41.1 Å². The number of nitrogens with zero attached hydrogens (tertiary/aromatic N) is 1. The molecule has 1 unspecified atom stereocenters. The third-order valence-corrected chi connectivity index (χ3v) is 6.36. The van der Waals surface area contributed by atoms with Gasteiger partial charge in [0.25, 0.3) is 5.91 Å². The minimum Gasteiger partial charge on any atom is -0.489 e. The smallest absolute Gasteiger partial charge is 0.257 e. The van der Waals surface area contributed by atoms with Crippen molar-refractivity contribution >= 4 is 40.7 Å². The average Bonchev–Trinajstić information content (AvgIpc) is 3.71. The zero-order valence-corrected chi connectivity index (χ0v) is 19.9. The topological polar surface area (TPSA) is 110 Å². The molecule has 0 bridgehead atoms. The molecule has 2 fully saturated rings. The van der Waals surface area contributed by atoms with Crippen LogP contribution in [0.25, 0.3) is 0 Å². The van der Waals surface area contributed by atoms with Crippen LogP contribution in [0.2, 0.25) is 5.02 Å². The van der Waals surface area contributed by atoms with Crippen LogP contribution >= 0.6 is 11.6 Å². The van der Waals surface area contributed by atoms with Crippen LogP contribution in [0.15, 0.2) is 41.4 Å². The van der Waals surface area contributed by atoms with Gasteiger partial charge in [-0.25, -0.2) is 0 Å². The van der Waals surface area contributed by atoms with Gasteiger partial charge in [-0.2, -0.15) is 0 Å². The van der Waals surface area contributed by atoms with E-state index in [9.17, 15) is 9.59 Å². The van der Waals surface area contributed by atoms with E-state index in [2.05, 4.69) is 20.9 Å². The lowest BCUT2D eigenvalue weighted by Gasteiger charge is -2.23. The van der Waals surface area contributed by atoms with Crippen LogP contribution < -0.4 is 20.7 Å². The molecule has 2 amide bonds. The first-order valence-electron chi connectivity index (χ1n) is 11.7. The van der Waals surface area contributed by atoms with Crippen molar-refractivity contribution < 1.29 is 23.8 Å². The molecule has 0 aromatic heterocycles. The predicted octanol–water partition coefficient (Wildman–Crippen LogP) is 3.36. The minimum absolute atomic E-state index is 0.121. The molecule has 3 N–H and O–H groups in total. The molecule has 2 aliphatic heterocycles. The number of guanidine groups is 1. The number of ether oxygens (including phenoxy) is 3. The maximum atomic E-state index is 12.8. The van der Waals surface area contributed by atoms with Gasteiger partial charge in [-0.1, -0.05) is 17.7 Å². The Hall–Kier alpha value is -3.14. The molecule has 2 heterocycles. The third-order valence-electron chi connectivity index (χ3n) is 5.97. The largest absolute Gasteiger partial charge is 0.489 e. The molecule has 2 aromatic carbocycles. The molecule has 3 aliphatic rings. The van der Waals surface area contributed by atoms with Crippen LogP contribution in [0.5, 0.6) is 5.75 Å². The highest BCUT2D eigenvalue weighted by atomic mass is 35.5. The number of carbonyl (C=O) groups excluding carboxylic acids is 2. The van der Waals surface area contributed by atoms with Gasteiger partial charge in [0.1, 0.15) is 23.5 Å². The fourth-order valence-electron chi connectivity index (χ4n) is 3.98. The molecule has 2 aromatic rings. The van der Waals surface area contributed by atoms with Crippen molar-refractivity contribution in [1.82, 2.24) is 10.6 Å². The Morgan fingerprint density at radius 1 is 1.20 bits per heavy atom. The molecule has 5 rings (SSSR count). The fraction of sp³-hybridized carbons (Fsp3) is 0.400. The molecule has 1 aliphatic carbocycles. The maximum absolute atomic E-state index is 12.8. The summed E-state index contributed by atoms with van der Waals surface area (Å²) in [6, 6.07) is 11.1. The second-order valence-corrected chi connectivity index (χ2v) is 9.06. The van der Waals surface area contributed by atoms with Crippen molar-refractivity contribution in [2.75, 3.05) is 38.3 Å². The minimum atomic E-state index is -0.318. The molecular formula is C25H27ClN4O5. The first kappa shape index (κ1) is 23.6. The van der Waals surface area contributed by atoms with Crippen LogP contribution in [-0.2, 0) is 14.3 Å². The SMILES string of the molecule is O=C1CCN=C(NC(=O)c2ccc(Nc3cccc(OCC4COCCO4)c3Cl)c(C3CC3)c2)N1. The summed E-state index contributed by atoms with van der Waals surface area (Å²) in [6.07, 6.45) is 2.32. The lowest BCUT2D eigenvalue weighted by molar-refractivity contribution is -0.119. The quantitative estimate of drug-likeness (QED) is 0.540. The molecule has 184 valence electrons. The second-order valence-electron chi connectivity index (χ2n) is 8.68. The summed E-state index contributed by atoms with van der Waals surface area (Å²) < 4.78 is 16.9. The van der Waals surface area contributed by atoms with Gasteiger partial charge in [0.2, 0.25) is 11.9 Å². The number of amides is 2. The lowest BCUT2D eigenvalue weighted by atomic mass is 10.0. The van der Waals surface area contributed by atoms with Crippen molar-refractivity contribution in [3.63, 3.8) is 0 Å². The summed E-state index contributed by atoms with van der Waals surface area (Å²) >= 11 is 6.65. The number of hydrogen-bond acceptors (Lipinski definition) is 7. The van der Waals surface area contributed by atoms with E-state index in [0.717, 1.165) is 24.1 Å². The molecule has 1 saturated carbocycles. The van der Waals surface area contributed by atoms with E-state index in [1.807, 2.05) is 30.3 Å². The Balaban J connectivity index is 1.30. The first-order chi connectivity index (χ1) is 17.1. The van der Waals surface area contributed by atoms with Gasteiger partial charge in [0, 0.05) is 17.7 Å². The van der Waals surface area contributed by atoms with Gasteiger partial charge in [-0.15, -0.1) is 0 Å². The normalized spacial score (nSPS) is 20.0. The monoisotopic (exact) mass is 498 g/mol. The van der Waals surface area contributed by atoms with Gasteiger partial charge in [0.15, 0.2) is 0 Å². The van der Waals surface area contributed by atoms with Crippen molar-refractivity contribution in [2.45, 2.75) is 31.3 Å². The number of aliphatic imine (C=N–C) groups is 1. The van der Waals surface area contributed by atoms with Crippen molar-refractivity contribution in [2.24, 2.45) is 4.99 Å². The Labute approximate surface area is 208 Å². The van der Waals surface area contributed by atoms with Crippen molar-refractivity contribution in [3.8, 4) is 5.75 Å². The van der Waals surface area contributed by atoms with Crippen LogP contribution in [0.3, 0.4) is 0 Å². The van der Waals surface area contributed by atoms with E-state index in [-0.39, 0.29) is 23.9 Å². The Morgan fingerprint density at radius 3 is 2.86 bits per heavy atom. The summed E-state index contributed by atoms with van der Waals surface area (Å²) in [6.45, 7) is 2.38. The standard InChI is InChI=1S/C25H27ClN4O5/c26-23-20(2-1-3-21(23)35-14-17-13-33-10-11-34-17)28-19-7-6-16(12-18(19)15-4-5-15)24(32)30-25-27-9-8-22(31)29-25/h1-3,6-7,12,15,17,28H,4-5,8-11,13-14H2,(H2,27,29,30,31,32). The Kier molecular flexibility index (Phi) is 7.17. The van der Waals surface area contributed by atoms with Crippen LogP contribution in [0.4, 0.5) is 11.4 Å². The average molecular weight is 499 g/mol. The number of anilines is 2. The third kappa shape index (κ3) is 5.93. The molecule has 0 radical (unpaired) electrons. The number of benzene rings is 2. The van der Waals surface area contributed by atoms with E-state index < -0.39 is 0 Å². The fourth-order valence-corrected chi connectivity index (χ4v) is 4.21. The molecule has 1 saturated heterocycles. The zero-order valence-electron chi connectivity index (χ0n) is 19.1. The number of carbonyl (C=O) groups is 2. The highest BCUT2D eigenvalue weighted by Gasteiger charge is 2.28. The Bertz CT molecular complexity index is 1140. The van der Waals surface area contributed by atoms with Gasteiger partial charge in [0.05, 0.1) is 32.1 Å². The lowest BCUT2D eigenvalue weighted by Crippen LogP contribution is -2.46. The van der Waals surface area contributed by atoms with E-state index in [0.29, 0.717) is 67.3 Å². The number of rotatable bonds is 7. The molecule has 1 atom stereocenters. The first-order valence-corrected chi connectivity index (χ1v) is 12.1. The number of nitrogens with one attached hydrogen (secondary N) is 3. The van der Waals surface area contributed by atoms with E-state index >= 15 is 0 Å². The maximum Gasteiger partial charge on any atom is 0.257 e. The summed E-state index contributed by atoms with van der Waals surface area (Å²) in [7, 11) is 0. The molecule has 0 spiro atoms. The Morgan fingerprint density at radius 2 is 2.09 bits per heavy atom. The summed E-state index contributed by atoms with van der Waals surface area (Å²) in [5.74, 6) is 0.650. The van der Waals surface area contributed by atoms with Crippen molar-refractivity contribution in [1.29, 1.82) is 0 Å². The highest BCUT2D eigenvalue weighted by Crippen LogP contribution is 2.45. The van der Waals surface area contributed by atoms with Crippen LogP contribution in [0, 0.1) is 0 Å². The van der Waals surface area contributed by atoms with Gasteiger partial charge in [-0.3, -0.25) is 25.2 Å². The second kappa shape index (κ2) is 10.6.